The Kier molecular flexibility index (Phi) is 4.35. The van der Waals surface area contributed by atoms with Gasteiger partial charge in [0.05, 0.1) is 12.7 Å². The maximum absolute atomic E-state index is 12.2. The fraction of sp³-hybridized carbons (Fsp3) is 0.133. The van der Waals surface area contributed by atoms with E-state index in [1.165, 1.54) is 12.2 Å². The molecule has 2 aromatic carbocycles. The average molecular weight is 320 g/mol. The van der Waals surface area contributed by atoms with Crippen molar-refractivity contribution in [2.45, 2.75) is 0 Å². The molecule has 0 bridgehead atoms. The van der Waals surface area contributed by atoms with Gasteiger partial charge < -0.3 is 0 Å². The Hall–Kier alpha value is -1.65. The van der Waals surface area contributed by atoms with Gasteiger partial charge in [0.1, 0.15) is 0 Å². The van der Waals surface area contributed by atoms with Gasteiger partial charge in [-0.3, -0.25) is 9.63 Å². The number of carbonyl (C=O) groups excluding carboxylic acids is 1. The fourth-order valence-electron chi connectivity index (χ4n) is 1.75. The minimum atomic E-state index is -0.188. The molecule has 0 spiro atoms. The summed E-state index contributed by atoms with van der Waals surface area (Å²) in [6.07, 6.45) is 0. The van der Waals surface area contributed by atoms with Gasteiger partial charge in [-0.2, -0.15) is 0 Å². The average Bonchev–Trinajstić information content (AvgIpc) is 2.47. The van der Waals surface area contributed by atoms with Crippen molar-refractivity contribution in [3.8, 4) is 11.1 Å². The fourth-order valence-corrected chi connectivity index (χ4v) is 2.17. The normalized spacial score (nSPS) is 10.3. The molecule has 3 nitrogen and oxygen atoms in total. The second kappa shape index (κ2) is 5.99. The van der Waals surface area contributed by atoms with Crippen molar-refractivity contribution in [1.29, 1.82) is 0 Å². The molecule has 19 heavy (non-hydrogen) atoms. The molecule has 0 heterocycles. The van der Waals surface area contributed by atoms with E-state index in [1.807, 2.05) is 48.5 Å². The van der Waals surface area contributed by atoms with Crippen molar-refractivity contribution in [3.63, 3.8) is 0 Å². The van der Waals surface area contributed by atoms with Crippen LogP contribution in [0, 0.1) is 0 Å². The van der Waals surface area contributed by atoms with Crippen LogP contribution in [-0.4, -0.2) is 25.1 Å². The molecular weight excluding hydrogens is 306 g/mol. The largest absolute Gasteiger partial charge is 0.278 e. The first-order valence-corrected chi connectivity index (χ1v) is 6.60. The number of hydrogen-bond donors (Lipinski definition) is 0. The monoisotopic (exact) mass is 319 g/mol. The van der Waals surface area contributed by atoms with Crippen LogP contribution in [0.2, 0.25) is 0 Å². The highest BCUT2D eigenvalue weighted by Gasteiger charge is 2.15. The summed E-state index contributed by atoms with van der Waals surface area (Å²) in [7, 11) is 3.05. The van der Waals surface area contributed by atoms with Gasteiger partial charge in [0.15, 0.2) is 0 Å². The van der Waals surface area contributed by atoms with Crippen LogP contribution in [0.1, 0.15) is 10.4 Å². The molecule has 0 saturated carbocycles. The summed E-state index contributed by atoms with van der Waals surface area (Å²) in [5.41, 5.74) is 2.64. The molecular formula is C15H14BrNO2. The van der Waals surface area contributed by atoms with Crippen LogP contribution >= 0.6 is 15.9 Å². The first-order chi connectivity index (χ1) is 9.13. The van der Waals surface area contributed by atoms with Gasteiger partial charge in [0.25, 0.3) is 5.91 Å². The molecule has 0 aromatic heterocycles. The lowest BCUT2D eigenvalue weighted by Crippen LogP contribution is -2.25. The third-order valence-corrected chi connectivity index (χ3v) is 3.56. The number of carbonyl (C=O) groups is 1. The van der Waals surface area contributed by atoms with Crippen molar-refractivity contribution < 1.29 is 9.63 Å². The van der Waals surface area contributed by atoms with Gasteiger partial charge in [0.2, 0.25) is 0 Å². The van der Waals surface area contributed by atoms with Crippen LogP contribution in [0.3, 0.4) is 0 Å². The van der Waals surface area contributed by atoms with Crippen molar-refractivity contribution >= 4 is 21.8 Å². The maximum atomic E-state index is 12.2. The predicted octanol–water partition coefficient (Wildman–Crippen LogP) is 3.75. The molecule has 0 aliphatic carbocycles. The van der Waals surface area contributed by atoms with Gasteiger partial charge in [-0.15, -0.1) is 0 Å². The summed E-state index contributed by atoms with van der Waals surface area (Å²) in [6, 6.07) is 15.6. The predicted molar refractivity (Wildman–Crippen MR) is 78.7 cm³/mol. The van der Waals surface area contributed by atoms with E-state index >= 15 is 0 Å². The Morgan fingerprint density at radius 2 is 1.79 bits per heavy atom. The number of nitrogens with zero attached hydrogens (tertiary/aromatic N) is 1. The number of benzene rings is 2. The Morgan fingerprint density at radius 1 is 1.11 bits per heavy atom. The Bertz CT molecular complexity index is 584. The van der Waals surface area contributed by atoms with Crippen LogP contribution in [0.15, 0.2) is 53.0 Å². The molecule has 0 radical (unpaired) electrons. The van der Waals surface area contributed by atoms with E-state index in [-0.39, 0.29) is 5.91 Å². The minimum Gasteiger partial charge on any atom is -0.274 e. The molecule has 0 saturated heterocycles. The maximum Gasteiger partial charge on any atom is 0.278 e. The van der Waals surface area contributed by atoms with Gasteiger partial charge >= 0.3 is 0 Å². The molecule has 0 unspecified atom stereocenters. The molecule has 98 valence electrons. The quantitative estimate of drug-likeness (QED) is 0.806. The first-order valence-electron chi connectivity index (χ1n) is 5.80. The summed E-state index contributed by atoms with van der Waals surface area (Å²) in [6.45, 7) is 0. The van der Waals surface area contributed by atoms with Crippen molar-refractivity contribution in [1.82, 2.24) is 5.06 Å². The summed E-state index contributed by atoms with van der Waals surface area (Å²) < 4.78 is 0.751. The Balaban J connectivity index is 2.43. The third kappa shape index (κ3) is 3.03. The van der Waals surface area contributed by atoms with E-state index in [4.69, 9.17) is 4.84 Å². The Morgan fingerprint density at radius 3 is 2.42 bits per heavy atom. The van der Waals surface area contributed by atoms with Crippen LogP contribution in [0.4, 0.5) is 0 Å². The van der Waals surface area contributed by atoms with Crippen LogP contribution in [-0.2, 0) is 4.84 Å². The van der Waals surface area contributed by atoms with Crippen molar-refractivity contribution in [2.75, 3.05) is 14.2 Å². The number of halogens is 1. The van der Waals surface area contributed by atoms with Crippen molar-refractivity contribution in [3.05, 3.63) is 58.6 Å². The van der Waals surface area contributed by atoms with Crippen molar-refractivity contribution in [2.24, 2.45) is 0 Å². The van der Waals surface area contributed by atoms with Gasteiger partial charge in [-0.25, -0.2) is 5.06 Å². The molecule has 4 heteroatoms. The van der Waals surface area contributed by atoms with Gasteiger partial charge in [0, 0.05) is 11.5 Å². The summed E-state index contributed by atoms with van der Waals surface area (Å²) in [5.74, 6) is -0.188. The minimum absolute atomic E-state index is 0.188. The van der Waals surface area contributed by atoms with E-state index in [9.17, 15) is 4.79 Å². The highest BCUT2D eigenvalue weighted by atomic mass is 79.9. The van der Waals surface area contributed by atoms with E-state index in [0.717, 1.165) is 15.6 Å². The SMILES string of the molecule is CON(C)C(=O)c1cc(-c2ccccc2)ccc1Br. The molecule has 0 N–H and O–H groups in total. The number of amides is 1. The molecule has 0 atom stereocenters. The van der Waals surface area contributed by atoms with Crippen LogP contribution in [0.25, 0.3) is 11.1 Å². The summed E-state index contributed by atoms with van der Waals surface area (Å²) in [5, 5.41) is 1.20. The van der Waals surface area contributed by atoms with Gasteiger partial charge in [-0.05, 0) is 39.2 Å². The van der Waals surface area contributed by atoms with E-state index in [0.29, 0.717) is 5.56 Å². The number of rotatable bonds is 3. The van der Waals surface area contributed by atoms with Gasteiger partial charge in [-0.1, -0.05) is 36.4 Å². The molecule has 1 amide bonds. The van der Waals surface area contributed by atoms with E-state index in [1.54, 1.807) is 7.05 Å². The zero-order chi connectivity index (χ0) is 13.8. The smallest absolute Gasteiger partial charge is 0.274 e. The molecule has 2 aromatic rings. The zero-order valence-corrected chi connectivity index (χ0v) is 12.3. The molecule has 2 rings (SSSR count). The third-order valence-electron chi connectivity index (χ3n) is 2.86. The first kappa shape index (κ1) is 13.8. The zero-order valence-electron chi connectivity index (χ0n) is 10.8. The lowest BCUT2D eigenvalue weighted by molar-refractivity contribution is -0.0757. The highest BCUT2D eigenvalue weighted by molar-refractivity contribution is 9.10. The van der Waals surface area contributed by atoms with E-state index < -0.39 is 0 Å². The number of hydroxylamine groups is 2. The lowest BCUT2D eigenvalue weighted by atomic mass is 10.0. The molecule has 0 aliphatic rings. The summed E-state index contributed by atoms with van der Waals surface area (Å²) >= 11 is 3.40. The summed E-state index contributed by atoms with van der Waals surface area (Å²) in [4.78, 5) is 17.1. The standard InChI is InChI=1S/C15H14BrNO2/c1-17(19-2)15(18)13-10-12(8-9-14(13)16)11-6-4-3-5-7-11/h3-10H,1-2H3. The second-order valence-corrected chi connectivity index (χ2v) is 4.90. The highest BCUT2D eigenvalue weighted by Crippen LogP contribution is 2.26. The second-order valence-electron chi connectivity index (χ2n) is 4.05. The molecule has 0 aliphatic heterocycles. The molecule has 0 fully saturated rings. The van der Waals surface area contributed by atoms with E-state index in [2.05, 4.69) is 15.9 Å². The number of hydrogen-bond acceptors (Lipinski definition) is 2. The lowest BCUT2D eigenvalue weighted by Gasteiger charge is -2.15. The topological polar surface area (TPSA) is 29.5 Å². The Labute approximate surface area is 120 Å². The van der Waals surface area contributed by atoms with Crippen LogP contribution in [0.5, 0.6) is 0 Å². The van der Waals surface area contributed by atoms with Crippen LogP contribution < -0.4 is 0 Å².